The van der Waals surface area contributed by atoms with Gasteiger partial charge in [0.15, 0.2) is 5.75 Å². The van der Waals surface area contributed by atoms with Gasteiger partial charge in [0.1, 0.15) is 0 Å². The normalized spacial score (nSPS) is 8.90. The number of hydrogen-bond acceptors (Lipinski definition) is 3. The number of nitrogens with zero attached hydrogens (tertiary/aromatic N) is 1. The zero-order valence-electron chi connectivity index (χ0n) is 5.04. The Balaban J connectivity index is 2.78. The summed E-state index contributed by atoms with van der Waals surface area (Å²) < 4.78 is 0.977. The molecule has 52 valence electrons. The number of hydrogen-bond donors (Lipinski definition) is 1. The average molecular weight is 201 g/mol. The van der Waals surface area contributed by atoms with Crippen molar-refractivity contribution in [1.29, 1.82) is 5.53 Å². The third-order valence-corrected chi connectivity index (χ3v) is 1.49. The smallest absolute Gasteiger partial charge is 0.159 e. The molecular weight excluding hydrogens is 196 g/mol. The third kappa shape index (κ3) is 1.80. The Kier molecular flexibility index (Phi) is 2.39. The highest BCUT2D eigenvalue weighted by Crippen LogP contribution is 2.15. The predicted octanol–water partition coefficient (Wildman–Crippen LogP) is 2.77. The number of benzene rings is 1. The molecule has 1 aromatic rings. The first-order valence-corrected chi connectivity index (χ1v) is 3.41. The second-order valence-corrected chi connectivity index (χ2v) is 2.55. The molecule has 0 aliphatic carbocycles. The minimum Gasteiger partial charge on any atom is -0.340 e. The van der Waals surface area contributed by atoms with E-state index in [9.17, 15) is 0 Å². The monoisotopic (exact) mass is 200 g/mol. The van der Waals surface area contributed by atoms with Gasteiger partial charge in [0.2, 0.25) is 0 Å². The molecule has 1 rings (SSSR count). The van der Waals surface area contributed by atoms with Crippen molar-refractivity contribution in [3.05, 3.63) is 28.7 Å². The summed E-state index contributed by atoms with van der Waals surface area (Å²) in [4.78, 5) is 4.53. The summed E-state index contributed by atoms with van der Waals surface area (Å²) in [6, 6.07) is 7.09. The van der Waals surface area contributed by atoms with Crippen molar-refractivity contribution in [3.8, 4) is 5.75 Å². The SMILES string of the molecule is N=NOc1ccc(Br)cc1. The lowest BCUT2D eigenvalue weighted by molar-refractivity contribution is 0.298. The van der Waals surface area contributed by atoms with Crippen molar-refractivity contribution < 1.29 is 4.84 Å². The van der Waals surface area contributed by atoms with Crippen molar-refractivity contribution in [3.63, 3.8) is 0 Å². The molecule has 1 aromatic carbocycles. The molecule has 0 unspecified atom stereocenters. The van der Waals surface area contributed by atoms with Gasteiger partial charge in [-0.15, -0.1) is 0 Å². The highest BCUT2D eigenvalue weighted by Gasteiger charge is 1.89. The molecule has 0 aliphatic rings. The van der Waals surface area contributed by atoms with Gasteiger partial charge in [-0.3, -0.25) is 0 Å². The van der Waals surface area contributed by atoms with Crippen molar-refractivity contribution in [2.75, 3.05) is 0 Å². The van der Waals surface area contributed by atoms with Crippen molar-refractivity contribution in [1.82, 2.24) is 0 Å². The molecular formula is C6H5BrN2O. The lowest BCUT2D eigenvalue weighted by atomic mass is 10.3. The topological polar surface area (TPSA) is 45.4 Å². The van der Waals surface area contributed by atoms with Crippen LogP contribution in [0.3, 0.4) is 0 Å². The summed E-state index contributed by atoms with van der Waals surface area (Å²) >= 11 is 3.26. The van der Waals surface area contributed by atoms with Gasteiger partial charge in [-0.2, -0.15) is 5.53 Å². The molecule has 10 heavy (non-hydrogen) atoms. The highest BCUT2D eigenvalue weighted by molar-refractivity contribution is 9.10. The Morgan fingerprint density at radius 3 is 2.40 bits per heavy atom. The van der Waals surface area contributed by atoms with E-state index in [1.165, 1.54) is 0 Å². The minimum absolute atomic E-state index is 0.568. The van der Waals surface area contributed by atoms with E-state index in [4.69, 9.17) is 5.53 Å². The van der Waals surface area contributed by atoms with Gasteiger partial charge in [0.25, 0.3) is 0 Å². The van der Waals surface area contributed by atoms with E-state index < -0.39 is 0 Å². The summed E-state index contributed by atoms with van der Waals surface area (Å²) in [5, 5.41) is 2.77. The van der Waals surface area contributed by atoms with E-state index in [1.54, 1.807) is 12.1 Å². The molecule has 0 fully saturated rings. The van der Waals surface area contributed by atoms with E-state index in [0.29, 0.717) is 5.75 Å². The van der Waals surface area contributed by atoms with Gasteiger partial charge in [-0.25, -0.2) is 0 Å². The van der Waals surface area contributed by atoms with Crippen LogP contribution in [-0.2, 0) is 0 Å². The number of rotatable bonds is 2. The van der Waals surface area contributed by atoms with Crippen molar-refractivity contribution >= 4 is 15.9 Å². The van der Waals surface area contributed by atoms with Crippen LogP contribution < -0.4 is 4.84 Å². The van der Waals surface area contributed by atoms with E-state index in [2.05, 4.69) is 26.0 Å². The molecule has 0 saturated heterocycles. The van der Waals surface area contributed by atoms with E-state index in [1.807, 2.05) is 12.1 Å². The summed E-state index contributed by atoms with van der Waals surface area (Å²) in [5.41, 5.74) is 6.38. The maximum Gasteiger partial charge on any atom is 0.159 e. The third-order valence-electron chi connectivity index (χ3n) is 0.965. The lowest BCUT2D eigenvalue weighted by Crippen LogP contribution is -1.77. The fourth-order valence-corrected chi connectivity index (χ4v) is 0.812. The molecule has 3 nitrogen and oxygen atoms in total. The predicted molar refractivity (Wildman–Crippen MR) is 39.9 cm³/mol. The molecule has 0 saturated carbocycles. The molecule has 0 spiro atoms. The Labute approximate surface area is 66.6 Å². The fraction of sp³-hybridized carbons (Fsp3) is 0. The quantitative estimate of drug-likeness (QED) is 0.580. The van der Waals surface area contributed by atoms with Crippen LogP contribution in [-0.4, -0.2) is 0 Å². The second kappa shape index (κ2) is 3.31. The Morgan fingerprint density at radius 1 is 1.30 bits per heavy atom. The Morgan fingerprint density at radius 2 is 1.90 bits per heavy atom. The van der Waals surface area contributed by atoms with Gasteiger partial charge in [0.05, 0.1) is 0 Å². The molecule has 4 heteroatoms. The maximum atomic E-state index is 6.38. The largest absolute Gasteiger partial charge is 0.340 e. The number of halogens is 1. The van der Waals surface area contributed by atoms with Gasteiger partial charge in [-0.05, 0) is 24.3 Å². The van der Waals surface area contributed by atoms with Gasteiger partial charge in [-0.1, -0.05) is 15.9 Å². The fourth-order valence-electron chi connectivity index (χ4n) is 0.548. The molecule has 0 aromatic heterocycles. The van der Waals surface area contributed by atoms with Crippen LogP contribution in [0, 0.1) is 5.53 Å². The molecule has 0 heterocycles. The average Bonchev–Trinajstić information content (AvgIpc) is 1.95. The van der Waals surface area contributed by atoms with Crippen LogP contribution in [0.4, 0.5) is 0 Å². The van der Waals surface area contributed by atoms with Crippen LogP contribution in [0.1, 0.15) is 0 Å². The summed E-state index contributed by atoms with van der Waals surface area (Å²) in [6.45, 7) is 0. The summed E-state index contributed by atoms with van der Waals surface area (Å²) in [7, 11) is 0. The Bertz CT molecular complexity index is 222. The van der Waals surface area contributed by atoms with Gasteiger partial charge >= 0.3 is 0 Å². The van der Waals surface area contributed by atoms with Gasteiger partial charge in [0, 0.05) is 9.75 Å². The van der Waals surface area contributed by atoms with Crippen LogP contribution in [0.25, 0.3) is 0 Å². The maximum absolute atomic E-state index is 6.38. The molecule has 0 bridgehead atoms. The van der Waals surface area contributed by atoms with Gasteiger partial charge < -0.3 is 4.84 Å². The van der Waals surface area contributed by atoms with Crippen LogP contribution in [0.2, 0.25) is 0 Å². The lowest BCUT2D eigenvalue weighted by Gasteiger charge is -1.93. The molecule has 1 N–H and O–H groups in total. The van der Waals surface area contributed by atoms with E-state index >= 15 is 0 Å². The zero-order chi connectivity index (χ0) is 7.40. The van der Waals surface area contributed by atoms with E-state index in [0.717, 1.165) is 4.47 Å². The molecule has 0 amide bonds. The van der Waals surface area contributed by atoms with E-state index in [-0.39, 0.29) is 0 Å². The Hall–Kier alpha value is -0.900. The molecule has 0 aliphatic heterocycles. The number of nitrogens with one attached hydrogen (secondary N) is 1. The van der Waals surface area contributed by atoms with Crippen LogP contribution in [0.15, 0.2) is 34.0 Å². The van der Waals surface area contributed by atoms with Crippen molar-refractivity contribution in [2.45, 2.75) is 0 Å². The first kappa shape index (κ1) is 7.21. The zero-order valence-corrected chi connectivity index (χ0v) is 6.63. The minimum atomic E-state index is 0.568. The van der Waals surface area contributed by atoms with Crippen LogP contribution >= 0.6 is 15.9 Å². The standard InChI is InChI=1S/C6H5BrN2O/c7-5-1-3-6(4-2-5)10-9-8/h1-4,8H. The first-order chi connectivity index (χ1) is 4.83. The highest BCUT2D eigenvalue weighted by atomic mass is 79.9. The first-order valence-electron chi connectivity index (χ1n) is 2.62. The summed E-state index contributed by atoms with van der Waals surface area (Å²) in [6.07, 6.45) is 0. The van der Waals surface area contributed by atoms with Crippen LogP contribution in [0.5, 0.6) is 5.75 Å². The second-order valence-electron chi connectivity index (χ2n) is 1.64. The molecule has 0 atom stereocenters. The summed E-state index contributed by atoms with van der Waals surface area (Å²) in [5.74, 6) is 0.568. The van der Waals surface area contributed by atoms with Crippen molar-refractivity contribution in [2.24, 2.45) is 5.28 Å². The molecule has 0 radical (unpaired) electrons.